The Hall–Kier alpha value is -3.16. The van der Waals surface area contributed by atoms with Crippen molar-refractivity contribution in [3.63, 3.8) is 0 Å². The van der Waals surface area contributed by atoms with Crippen molar-refractivity contribution in [1.82, 2.24) is 15.0 Å². The number of hydrogen-bond donors (Lipinski definition) is 2. The number of halogens is 3. The van der Waals surface area contributed by atoms with Crippen LogP contribution in [-0.2, 0) is 19.0 Å². The number of alkyl halides is 3. The van der Waals surface area contributed by atoms with Crippen LogP contribution in [0.1, 0.15) is 29.7 Å². The molecule has 1 aliphatic rings. The van der Waals surface area contributed by atoms with Crippen molar-refractivity contribution in [2.75, 3.05) is 17.7 Å². The van der Waals surface area contributed by atoms with Crippen molar-refractivity contribution in [3.05, 3.63) is 59.5 Å². The van der Waals surface area contributed by atoms with E-state index in [0.717, 1.165) is 31.0 Å². The van der Waals surface area contributed by atoms with Crippen LogP contribution in [0.4, 0.5) is 30.5 Å². The average Bonchev–Trinajstić information content (AvgIpc) is 2.73. The zero-order valence-electron chi connectivity index (χ0n) is 15.8. The fourth-order valence-electron chi connectivity index (χ4n) is 3.62. The van der Waals surface area contributed by atoms with Crippen molar-refractivity contribution in [2.45, 2.75) is 31.9 Å². The molecule has 0 atom stereocenters. The van der Waals surface area contributed by atoms with Crippen LogP contribution in [0.25, 0.3) is 11.3 Å². The molecule has 0 spiro atoms. The van der Waals surface area contributed by atoms with E-state index in [0.29, 0.717) is 17.1 Å². The van der Waals surface area contributed by atoms with E-state index in [2.05, 4.69) is 31.7 Å². The van der Waals surface area contributed by atoms with Crippen LogP contribution in [0, 0.1) is 0 Å². The van der Waals surface area contributed by atoms with Crippen LogP contribution in [-0.4, -0.2) is 22.0 Å². The first-order valence-corrected chi connectivity index (χ1v) is 9.42. The van der Waals surface area contributed by atoms with Gasteiger partial charge in [-0.15, -0.1) is 0 Å². The summed E-state index contributed by atoms with van der Waals surface area (Å²) in [6.45, 7) is 0. The molecule has 0 amide bonds. The maximum absolute atomic E-state index is 13.0. The molecule has 2 N–H and O–H groups in total. The Morgan fingerprint density at radius 2 is 1.83 bits per heavy atom. The smallest absolute Gasteiger partial charge is 0.373 e. The standard InChI is InChI=1S/C21H20F3N5/c1-25-20-15(9-10-18(29-20)21(22,23)24)17-11-19(27-12-26-17)28-16-8-4-6-13-5-2-3-7-14(13)16/h4,6,8-12H,2-3,5,7H2,1H3,(H,25,29)(H,26,27,28). The third-order valence-electron chi connectivity index (χ3n) is 5.02. The molecule has 3 aromatic rings. The van der Waals surface area contributed by atoms with Crippen molar-refractivity contribution >= 4 is 17.3 Å². The van der Waals surface area contributed by atoms with Crippen molar-refractivity contribution in [2.24, 2.45) is 0 Å². The molecule has 0 unspecified atom stereocenters. The van der Waals surface area contributed by atoms with E-state index in [-0.39, 0.29) is 5.82 Å². The lowest BCUT2D eigenvalue weighted by Gasteiger charge is -2.20. The number of rotatable bonds is 4. The van der Waals surface area contributed by atoms with Gasteiger partial charge in [-0.2, -0.15) is 13.2 Å². The van der Waals surface area contributed by atoms with E-state index in [1.54, 1.807) is 6.07 Å². The van der Waals surface area contributed by atoms with Gasteiger partial charge in [-0.3, -0.25) is 0 Å². The molecule has 0 fully saturated rings. The van der Waals surface area contributed by atoms with E-state index in [1.807, 2.05) is 12.1 Å². The van der Waals surface area contributed by atoms with Gasteiger partial charge in [0.2, 0.25) is 0 Å². The Kier molecular flexibility index (Phi) is 5.08. The van der Waals surface area contributed by atoms with Crippen molar-refractivity contribution < 1.29 is 13.2 Å². The Bertz CT molecular complexity index is 1030. The minimum absolute atomic E-state index is 0.113. The summed E-state index contributed by atoms with van der Waals surface area (Å²) < 4.78 is 38.9. The Labute approximate surface area is 166 Å². The van der Waals surface area contributed by atoms with Gasteiger partial charge in [0.05, 0.1) is 5.69 Å². The molecule has 2 aromatic heterocycles. The minimum Gasteiger partial charge on any atom is -0.373 e. The van der Waals surface area contributed by atoms with Crippen LogP contribution in [0.15, 0.2) is 42.7 Å². The van der Waals surface area contributed by atoms with Crippen molar-refractivity contribution in [3.8, 4) is 11.3 Å². The zero-order chi connectivity index (χ0) is 20.4. The lowest BCUT2D eigenvalue weighted by Crippen LogP contribution is -2.10. The molecule has 0 saturated heterocycles. The molecule has 1 aromatic carbocycles. The normalized spacial score (nSPS) is 13.7. The Morgan fingerprint density at radius 1 is 1.00 bits per heavy atom. The number of benzene rings is 1. The number of nitrogens with one attached hydrogen (secondary N) is 2. The molecule has 4 rings (SSSR count). The number of pyridine rings is 1. The molecule has 0 bridgehead atoms. The third kappa shape index (κ3) is 4.01. The van der Waals surface area contributed by atoms with Crippen LogP contribution >= 0.6 is 0 Å². The summed E-state index contributed by atoms with van der Waals surface area (Å²) in [5.74, 6) is 0.692. The first-order chi connectivity index (χ1) is 14.0. The highest BCUT2D eigenvalue weighted by Gasteiger charge is 2.33. The fourth-order valence-corrected chi connectivity index (χ4v) is 3.62. The van der Waals surface area contributed by atoms with Crippen molar-refractivity contribution in [1.29, 1.82) is 0 Å². The molecular weight excluding hydrogens is 379 g/mol. The predicted octanol–water partition coefficient (Wildman–Crippen LogP) is 5.22. The number of anilines is 3. The maximum atomic E-state index is 13.0. The SMILES string of the molecule is CNc1nc(C(F)(F)F)ccc1-c1cc(Nc2cccc3c2CCCC3)ncn1. The minimum atomic E-state index is -4.51. The predicted molar refractivity (Wildman–Crippen MR) is 106 cm³/mol. The lowest BCUT2D eigenvalue weighted by molar-refractivity contribution is -0.141. The van der Waals surface area contributed by atoms with Gasteiger partial charge in [-0.25, -0.2) is 15.0 Å². The quantitative estimate of drug-likeness (QED) is 0.630. The molecule has 0 radical (unpaired) electrons. The van der Waals surface area contributed by atoms with E-state index >= 15 is 0 Å². The highest BCUT2D eigenvalue weighted by atomic mass is 19.4. The molecule has 1 aliphatic carbocycles. The number of nitrogens with zero attached hydrogens (tertiary/aromatic N) is 3. The second-order valence-corrected chi connectivity index (χ2v) is 6.90. The second-order valence-electron chi connectivity index (χ2n) is 6.90. The largest absolute Gasteiger partial charge is 0.433 e. The summed E-state index contributed by atoms with van der Waals surface area (Å²) >= 11 is 0. The van der Waals surface area contributed by atoms with Gasteiger partial charge in [0, 0.05) is 24.4 Å². The van der Waals surface area contributed by atoms with E-state index in [1.165, 1.54) is 37.0 Å². The van der Waals surface area contributed by atoms with Gasteiger partial charge in [0.1, 0.15) is 23.7 Å². The third-order valence-corrected chi connectivity index (χ3v) is 5.02. The number of hydrogen-bond acceptors (Lipinski definition) is 5. The average molecular weight is 399 g/mol. The van der Waals surface area contributed by atoms with Gasteiger partial charge in [0.25, 0.3) is 0 Å². The lowest BCUT2D eigenvalue weighted by atomic mass is 9.90. The summed E-state index contributed by atoms with van der Waals surface area (Å²) in [6, 6.07) is 10.2. The summed E-state index contributed by atoms with van der Waals surface area (Å²) in [4.78, 5) is 12.2. The molecule has 8 heteroatoms. The summed E-state index contributed by atoms with van der Waals surface area (Å²) in [5, 5.41) is 6.07. The van der Waals surface area contributed by atoms with Crippen LogP contribution < -0.4 is 10.6 Å². The highest BCUT2D eigenvalue weighted by Crippen LogP contribution is 2.34. The van der Waals surface area contributed by atoms with E-state index in [4.69, 9.17) is 0 Å². The Balaban J connectivity index is 1.67. The number of fused-ring (bicyclic) bond motifs is 1. The topological polar surface area (TPSA) is 62.7 Å². The Morgan fingerprint density at radius 3 is 2.62 bits per heavy atom. The molecular formula is C21H20F3N5. The highest BCUT2D eigenvalue weighted by molar-refractivity contribution is 5.75. The molecule has 2 heterocycles. The molecule has 0 saturated carbocycles. The summed E-state index contributed by atoms with van der Waals surface area (Å²) in [5.41, 5.74) is 3.66. The van der Waals surface area contributed by atoms with E-state index in [9.17, 15) is 13.2 Å². The van der Waals surface area contributed by atoms with Crippen LogP contribution in [0.3, 0.4) is 0 Å². The summed E-state index contributed by atoms with van der Waals surface area (Å²) in [7, 11) is 1.53. The molecule has 0 aliphatic heterocycles. The zero-order valence-corrected chi connectivity index (χ0v) is 15.8. The fraction of sp³-hybridized carbons (Fsp3) is 0.286. The second kappa shape index (κ2) is 7.69. The van der Waals surface area contributed by atoms with Gasteiger partial charge < -0.3 is 10.6 Å². The first kappa shape index (κ1) is 19.2. The van der Waals surface area contributed by atoms with Crippen LogP contribution in [0.5, 0.6) is 0 Å². The van der Waals surface area contributed by atoms with Crippen LogP contribution in [0.2, 0.25) is 0 Å². The van der Waals surface area contributed by atoms with E-state index < -0.39 is 11.9 Å². The van der Waals surface area contributed by atoms with Gasteiger partial charge >= 0.3 is 6.18 Å². The molecule has 5 nitrogen and oxygen atoms in total. The first-order valence-electron chi connectivity index (χ1n) is 9.42. The van der Waals surface area contributed by atoms with Gasteiger partial charge in [-0.05, 0) is 55.0 Å². The monoisotopic (exact) mass is 399 g/mol. The number of aryl methyl sites for hydroxylation is 1. The number of aromatic nitrogens is 3. The summed E-state index contributed by atoms with van der Waals surface area (Å²) in [6.07, 6.45) is 1.33. The molecule has 29 heavy (non-hydrogen) atoms. The molecule has 150 valence electrons. The maximum Gasteiger partial charge on any atom is 0.433 e. The van der Waals surface area contributed by atoms with Gasteiger partial charge in [-0.1, -0.05) is 12.1 Å². The van der Waals surface area contributed by atoms with Gasteiger partial charge in [0.15, 0.2) is 0 Å².